The van der Waals surface area contributed by atoms with Gasteiger partial charge in [0.15, 0.2) is 11.5 Å². The molecule has 0 atom stereocenters. The fourth-order valence-corrected chi connectivity index (χ4v) is 1.36. The van der Waals surface area contributed by atoms with Crippen molar-refractivity contribution in [2.24, 2.45) is 0 Å². The second kappa shape index (κ2) is 4.17. The minimum Gasteiger partial charge on any atom is -0.504 e. The topological polar surface area (TPSA) is 40.5 Å². The molecule has 0 aliphatic heterocycles. The van der Waals surface area contributed by atoms with Crippen LogP contribution >= 0.6 is 0 Å². The van der Waals surface area contributed by atoms with Gasteiger partial charge in [-0.1, -0.05) is 19.4 Å². The molecule has 2 heteroatoms. The first-order valence-corrected chi connectivity index (χ1v) is 4.66. The average molecular weight is 180 g/mol. The zero-order chi connectivity index (χ0) is 9.84. The number of aromatic hydroxyl groups is 2. The van der Waals surface area contributed by atoms with E-state index in [1.165, 1.54) is 0 Å². The van der Waals surface area contributed by atoms with Crippen LogP contribution in [0.15, 0.2) is 12.1 Å². The Bertz CT molecular complexity index is 269. The van der Waals surface area contributed by atoms with Crippen LogP contribution in [-0.4, -0.2) is 10.2 Å². The quantitative estimate of drug-likeness (QED) is 0.702. The molecule has 0 bridgehead atoms. The fraction of sp³-hybridized carbons (Fsp3) is 0.455. The van der Waals surface area contributed by atoms with Crippen LogP contribution in [0.1, 0.15) is 30.9 Å². The lowest BCUT2D eigenvalue weighted by Crippen LogP contribution is -1.86. The predicted molar refractivity (Wildman–Crippen MR) is 53.1 cm³/mol. The average Bonchev–Trinajstić information content (AvgIpc) is 2.10. The van der Waals surface area contributed by atoms with Crippen LogP contribution in [-0.2, 0) is 6.42 Å². The molecule has 2 nitrogen and oxygen atoms in total. The zero-order valence-electron chi connectivity index (χ0n) is 8.17. The van der Waals surface area contributed by atoms with Crippen molar-refractivity contribution in [2.45, 2.75) is 33.1 Å². The van der Waals surface area contributed by atoms with E-state index in [9.17, 15) is 10.2 Å². The Balaban J connectivity index is 2.86. The molecule has 0 radical (unpaired) electrons. The maximum atomic E-state index is 9.33. The van der Waals surface area contributed by atoms with Gasteiger partial charge in [-0.3, -0.25) is 0 Å². The summed E-state index contributed by atoms with van der Waals surface area (Å²) in [6.45, 7) is 3.93. The molecule has 2 N–H and O–H groups in total. The maximum Gasteiger partial charge on any atom is 0.160 e. The summed E-state index contributed by atoms with van der Waals surface area (Å²) in [6.07, 6.45) is 3.22. The van der Waals surface area contributed by atoms with Crippen molar-refractivity contribution in [2.75, 3.05) is 0 Å². The Labute approximate surface area is 78.8 Å². The molecule has 72 valence electrons. The minimum atomic E-state index is -0.00824. The second-order valence-electron chi connectivity index (χ2n) is 3.38. The smallest absolute Gasteiger partial charge is 0.160 e. The van der Waals surface area contributed by atoms with Crippen molar-refractivity contribution in [3.8, 4) is 11.5 Å². The van der Waals surface area contributed by atoms with E-state index in [-0.39, 0.29) is 11.5 Å². The SMILES string of the molecule is CCCCc1cc(C)c(O)c(O)c1. The molecule has 0 aromatic heterocycles. The van der Waals surface area contributed by atoms with Gasteiger partial charge in [0.1, 0.15) is 0 Å². The molecular formula is C11H16O2. The number of hydrogen-bond donors (Lipinski definition) is 2. The molecule has 0 fully saturated rings. The first-order chi connectivity index (χ1) is 6.15. The summed E-state index contributed by atoms with van der Waals surface area (Å²) in [5.74, 6) is -0.00801. The molecule has 1 rings (SSSR count). The lowest BCUT2D eigenvalue weighted by atomic mass is 10.0. The normalized spacial score (nSPS) is 10.3. The van der Waals surface area contributed by atoms with E-state index in [1.807, 2.05) is 6.07 Å². The molecule has 0 heterocycles. The van der Waals surface area contributed by atoms with Gasteiger partial charge in [-0.15, -0.1) is 0 Å². The molecule has 0 aliphatic rings. The summed E-state index contributed by atoms with van der Waals surface area (Å²) < 4.78 is 0. The Morgan fingerprint density at radius 2 is 1.92 bits per heavy atom. The van der Waals surface area contributed by atoms with Crippen LogP contribution < -0.4 is 0 Å². The van der Waals surface area contributed by atoms with E-state index >= 15 is 0 Å². The molecule has 0 saturated heterocycles. The number of benzene rings is 1. The number of unbranched alkanes of at least 4 members (excludes halogenated alkanes) is 1. The van der Waals surface area contributed by atoms with Crippen molar-refractivity contribution < 1.29 is 10.2 Å². The summed E-state index contributed by atoms with van der Waals surface area (Å²) in [5, 5.41) is 18.6. The lowest BCUT2D eigenvalue weighted by Gasteiger charge is -2.05. The predicted octanol–water partition coefficient (Wildman–Crippen LogP) is 2.75. The van der Waals surface area contributed by atoms with Gasteiger partial charge in [0, 0.05) is 0 Å². The van der Waals surface area contributed by atoms with Gasteiger partial charge in [0.05, 0.1) is 0 Å². The van der Waals surface area contributed by atoms with Crippen LogP contribution in [0.4, 0.5) is 0 Å². The summed E-state index contributed by atoms with van der Waals surface area (Å²) >= 11 is 0. The van der Waals surface area contributed by atoms with Crippen molar-refractivity contribution in [3.63, 3.8) is 0 Å². The molecule has 1 aromatic rings. The highest BCUT2D eigenvalue weighted by molar-refractivity contribution is 5.46. The maximum absolute atomic E-state index is 9.33. The highest BCUT2D eigenvalue weighted by Crippen LogP contribution is 2.30. The van der Waals surface area contributed by atoms with Crippen molar-refractivity contribution in [1.29, 1.82) is 0 Å². The van der Waals surface area contributed by atoms with Gasteiger partial charge >= 0.3 is 0 Å². The van der Waals surface area contributed by atoms with Crippen LogP contribution in [0.5, 0.6) is 11.5 Å². The summed E-state index contributed by atoms with van der Waals surface area (Å²) in [4.78, 5) is 0. The minimum absolute atomic E-state index is 0.000230. The molecule has 0 spiro atoms. The van der Waals surface area contributed by atoms with E-state index in [0.29, 0.717) is 0 Å². The van der Waals surface area contributed by atoms with Crippen LogP contribution in [0.25, 0.3) is 0 Å². The molecule has 13 heavy (non-hydrogen) atoms. The highest BCUT2D eigenvalue weighted by Gasteiger charge is 2.04. The number of rotatable bonds is 3. The first kappa shape index (κ1) is 9.90. The number of phenolic OH excluding ortho intramolecular Hbond substituents is 2. The van der Waals surface area contributed by atoms with E-state index in [0.717, 1.165) is 30.4 Å². The van der Waals surface area contributed by atoms with E-state index < -0.39 is 0 Å². The van der Waals surface area contributed by atoms with Gasteiger partial charge in [-0.25, -0.2) is 0 Å². The third kappa shape index (κ3) is 2.38. The number of aryl methyl sites for hydroxylation is 2. The van der Waals surface area contributed by atoms with E-state index in [1.54, 1.807) is 13.0 Å². The Kier molecular flexibility index (Phi) is 3.18. The third-order valence-corrected chi connectivity index (χ3v) is 2.16. The van der Waals surface area contributed by atoms with Crippen LogP contribution in [0.3, 0.4) is 0 Å². The second-order valence-corrected chi connectivity index (χ2v) is 3.38. The van der Waals surface area contributed by atoms with Gasteiger partial charge in [-0.2, -0.15) is 0 Å². The molecular weight excluding hydrogens is 164 g/mol. The summed E-state index contributed by atoms with van der Waals surface area (Å²) in [5.41, 5.74) is 1.83. The van der Waals surface area contributed by atoms with Gasteiger partial charge in [0.2, 0.25) is 0 Å². The monoisotopic (exact) mass is 180 g/mol. The van der Waals surface area contributed by atoms with E-state index in [2.05, 4.69) is 6.92 Å². The third-order valence-electron chi connectivity index (χ3n) is 2.16. The Morgan fingerprint density at radius 3 is 2.46 bits per heavy atom. The van der Waals surface area contributed by atoms with Gasteiger partial charge in [-0.05, 0) is 37.0 Å². The zero-order valence-corrected chi connectivity index (χ0v) is 8.17. The molecule has 0 aliphatic carbocycles. The van der Waals surface area contributed by atoms with Crippen LogP contribution in [0.2, 0.25) is 0 Å². The van der Waals surface area contributed by atoms with E-state index in [4.69, 9.17) is 0 Å². The largest absolute Gasteiger partial charge is 0.504 e. The standard InChI is InChI=1S/C11H16O2/c1-3-4-5-9-6-8(2)11(13)10(12)7-9/h6-7,12-13H,3-5H2,1-2H3. The number of hydrogen-bond acceptors (Lipinski definition) is 2. The van der Waals surface area contributed by atoms with Crippen molar-refractivity contribution in [1.82, 2.24) is 0 Å². The lowest BCUT2D eigenvalue weighted by molar-refractivity contribution is 0.400. The summed E-state index contributed by atoms with van der Waals surface area (Å²) in [6, 6.07) is 3.56. The molecule has 0 unspecified atom stereocenters. The van der Waals surface area contributed by atoms with Crippen molar-refractivity contribution >= 4 is 0 Å². The fourth-order valence-electron chi connectivity index (χ4n) is 1.36. The molecule has 0 saturated carbocycles. The van der Waals surface area contributed by atoms with Crippen LogP contribution in [0, 0.1) is 6.92 Å². The van der Waals surface area contributed by atoms with Crippen molar-refractivity contribution in [3.05, 3.63) is 23.3 Å². The van der Waals surface area contributed by atoms with Gasteiger partial charge in [0.25, 0.3) is 0 Å². The Hall–Kier alpha value is -1.18. The Morgan fingerprint density at radius 1 is 1.23 bits per heavy atom. The van der Waals surface area contributed by atoms with Gasteiger partial charge < -0.3 is 10.2 Å². The molecule has 1 aromatic carbocycles. The summed E-state index contributed by atoms with van der Waals surface area (Å²) in [7, 11) is 0. The highest BCUT2D eigenvalue weighted by atomic mass is 16.3. The number of phenols is 2. The molecule has 0 amide bonds. The first-order valence-electron chi connectivity index (χ1n) is 4.66.